The maximum Gasteiger partial charge on any atom is 0.417 e. The van der Waals surface area contributed by atoms with Crippen molar-refractivity contribution in [3.63, 3.8) is 0 Å². The van der Waals surface area contributed by atoms with Gasteiger partial charge < -0.3 is 24.1 Å². The van der Waals surface area contributed by atoms with Gasteiger partial charge >= 0.3 is 6.18 Å². The third-order valence-electron chi connectivity index (χ3n) is 5.88. The van der Waals surface area contributed by atoms with Crippen molar-refractivity contribution < 1.29 is 27.5 Å². The molecule has 5 rings (SSSR count). The van der Waals surface area contributed by atoms with Crippen molar-refractivity contribution in [2.75, 3.05) is 13.2 Å². The van der Waals surface area contributed by atoms with E-state index in [-0.39, 0.29) is 41.0 Å². The van der Waals surface area contributed by atoms with Crippen molar-refractivity contribution in [2.24, 2.45) is 0 Å². The van der Waals surface area contributed by atoms with Gasteiger partial charge in [-0.15, -0.1) is 0 Å². The molecule has 1 aliphatic rings. The Morgan fingerprint density at radius 2 is 2.09 bits per heavy atom. The van der Waals surface area contributed by atoms with E-state index in [2.05, 4.69) is 20.4 Å². The Labute approximate surface area is 202 Å². The predicted octanol–water partition coefficient (Wildman–Crippen LogP) is 4.39. The van der Waals surface area contributed by atoms with Crippen molar-refractivity contribution in [3.05, 3.63) is 52.8 Å². The van der Waals surface area contributed by atoms with Gasteiger partial charge in [0, 0.05) is 37.0 Å². The second-order valence-electron chi connectivity index (χ2n) is 8.29. The summed E-state index contributed by atoms with van der Waals surface area (Å²) in [6.45, 7) is 2.72. The van der Waals surface area contributed by atoms with Gasteiger partial charge in [-0.05, 0) is 36.2 Å². The molecule has 0 saturated carbocycles. The van der Waals surface area contributed by atoms with Crippen LogP contribution in [-0.2, 0) is 12.6 Å². The van der Waals surface area contributed by atoms with Crippen LogP contribution in [0.1, 0.15) is 24.5 Å². The molecule has 4 aromatic rings. The monoisotopic (exact) mass is 507 g/mol. The van der Waals surface area contributed by atoms with Crippen LogP contribution in [0, 0.1) is 0 Å². The number of hydrogen-bond donors (Lipinski definition) is 2. The van der Waals surface area contributed by atoms with Crippen LogP contribution in [0.5, 0.6) is 5.75 Å². The van der Waals surface area contributed by atoms with Gasteiger partial charge in [0.25, 0.3) is 5.89 Å². The summed E-state index contributed by atoms with van der Waals surface area (Å²) in [6, 6.07) is 6.44. The normalized spacial score (nSPS) is 18.5. The number of aliphatic hydroxyl groups excluding tert-OH is 1. The maximum absolute atomic E-state index is 13.1. The number of halogens is 4. The summed E-state index contributed by atoms with van der Waals surface area (Å²) in [5.41, 5.74) is 1.15. The molecule has 12 heteroatoms. The van der Waals surface area contributed by atoms with Crippen LogP contribution in [0.25, 0.3) is 28.6 Å². The Morgan fingerprint density at radius 3 is 2.80 bits per heavy atom. The molecule has 2 atom stereocenters. The van der Waals surface area contributed by atoms with E-state index in [0.29, 0.717) is 24.5 Å². The third-order valence-corrected chi connectivity index (χ3v) is 6.16. The molecule has 2 N–H and O–H groups in total. The van der Waals surface area contributed by atoms with Crippen LogP contribution in [0.2, 0.25) is 5.02 Å². The van der Waals surface area contributed by atoms with Gasteiger partial charge in [0.15, 0.2) is 5.65 Å². The summed E-state index contributed by atoms with van der Waals surface area (Å²) in [7, 11) is 0. The minimum absolute atomic E-state index is 0.0285. The van der Waals surface area contributed by atoms with Crippen molar-refractivity contribution in [1.29, 1.82) is 0 Å². The van der Waals surface area contributed by atoms with E-state index < -0.39 is 11.7 Å². The van der Waals surface area contributed by atoms with Gasteiger partial charge in [0.2, 0.25) is 5.82 Å². The average molecular weight is 508 g/mol. The zero-order valence-corrected chi connectivity index (χ0v) is 19.3. The van der Waals surface area contributed by atoms with E-state index in [1.54, 1.807) is 0 Å². The number of benzene rings is 1. The second kappa shape index (κ2) is 9.14. The molecule has 184 valence electrons. The van der Waals surface area contributed by atoms with Gasteiger partial charge in [-0.1, -0.05) is 23.7 Å². The van der Waals surface area contributed by atoms with Crippen LogP contribution < -0.4 is 10.1 Å². The minimum Gasteiger partial charge on any atom is -0.489 e. The average Bonchev–Trinajstić information content (AvgIpc) is 3.57. The summed E-state index contributed by atoms with van der Waals surface area (Å²) >= 11 is 6.02. The van der Waals surface area contributed by atoms with Crippen molar-refractivity contribution in [1.82, 2.24) is 24.8 Å². The fraction of sp³-hybridized carbons (Fsp3) is 0.348. The van der Waals surface area contributed by atoms with Gasteiger partial charge in [-0.2, -0.15) is 18.2 Å². The van der Waals surface area contributed by atoms with E-state index >= 15 is 0 Å². The molecular formula is C23H21ClF3N5O3. The van der Waals surface area contributed by atoms with E-state index in [1.807, 2.05) is 25.1 Å². The third kappa shape index (κ3) is 4.71. The van der Waals surface area contributed by atoms with Gasteiger partial charge in [-0.3, -0.25) is 0 Å². The molecule has 0 spiro atoms. The first-order chi connectivity index (χ1) is 16.7. The zero-order valence-electron chi connectivity index (χ0n) is 18.5. The smallest absolute Gasteiger partial charge is 0.417 e. The zero-order chi connectivity index (χ0) is 24.7. The number of rotatable bonds is 6. The summed E-state index contributed by atoms with van der Waals surface area (Å²) in [5.74, 6) is 1.09. The Hall–Kier alpha value is -3.15. The molecule has 0 bridgehead atoms. The van der Waals surface area contributed by atoms with E-state index in [1.165, 1.54) is 10.6 Å². The molecule has 1 aliphatic heterocycles. The number of alkyl halides is 3. The Bertz CT molecular complexity index is 1370. The molecule has 1 saturated heterocycles. The van der Waals surface area contributed by atoms with Gasteiger partial charge in [0.1, 0.15) is 17.5 Å². The highest BCUT2D eigenvalue weighted by atomic mass is 35.5. The molecule has 0 aliphatic carbocycles. The number of ether oxygens (including phenoxy) is 1. The molecule has 35 heavy (non-hydrogen) atoms. The first kappa shape index (κ1) is 23.6. The number of fused-ring (bicyclic) bond motifs is 1. The Kier molecular flexibility index (Phi) is 6.16. The summed E-state index contributed by atoms with van der Waals surface area (Å²) < 4.78 is 51.9. The standard InChI is InChI=1S/C23H21ClF3N5O3/c1-2-12-5-15(34-16-7-14(11-33)28-8-16)3-4-17(12)20-30-22(35-31-20)19-10-32-9-13(23(25,26)27)6-18(24)21(32)29-19/h3-6,9-10,14,16,28,33H,2,7-8,11H2,1H3. The number of hydrogen-bond acceptors (Lipinski definition) is 7. The molecule has 0 amide bonds. The van der Waals surface area contributed by atoms with Crippen LogP contribution in [0.4, 0.5) is 13.2 Å². The number of imidazole rings is 1. The fourth-order valence-corrected chi connectivity index (χ4v) is 4.37. The predicted molar refractivity (Wildman–Crippen MR) is 121 cm³/mol. The largest absolute Gasteiger partial charge is 0.489 e. The lowest BCUT2D eigenvalue weighted by atomic mass is 10.0. The molecule has 2 unspecified atom stereocenters. The number of aryl methyl sites for hydroxylation is 1. The lowest BCUT2D eigenvalue weighted by molar-refractivity contribution is -0.137. The van der Waals surface area contributed by atoms with E-state index in [9.17, 15) is 18.3 Å². The van der Waals surface area contributed by atoms with E-state index in [0.717, 1.165) is 29.8 Å². The first-order valence-corrected chi connectivity index (χ1v) is 11.4. The molecule has 1 fully saturated rings. The molecule has 4 heterocycles. The molecular weight excluding hydrogens is 487 g/mol. The Balaban J connectivity index is 1.41. The second-order valence-corrected chi connectivity index (χ2v) is 8.70. The first-order valence-electron chi connectivity index (χ1n) is 11.0. The van der Waals surface area contributed by atoms with Crippen LogP contribution in [0.15, 0.2) is 41.2 Å². The summed E-state index contributed by atoms with van der Waals surface area (Å²) in [6.07, 6.45) is -0.892. The highest BCUT2D eigenvalue weighted by Crippen LogP contribution is 2.34. The van der Waals surface area contributed by atoms with Crippen LogP contribution >= 0.6 is 11.6 Å². The maximum atomic E-state index is 13.1. The number of nitrogens with zero attached hydrogens (tertiary/aromatic N) is 4. The van der Waals surface area contributed by atoms with Crippen LogP contribution in [0.3, 0.4) is 0 Å². The lowest BCUT2D eigenvalue weighted by Gasteiger charge is -2.14. The highest BCUT2D eigenvalue weighted by molar-refractivity contribution is 6.33. The summed E-state index contributed by atoms with van der Waals surface area (Å²) in [4.78, 5) is 8.68. The summed E-state index contributed by atoms with van der Waals surface area (Å²) in [5, 5.41) is 16.4. The topological polar surface area (TPSA) is 97.7 Å². The Morgan fingerprint density at radius 1 is 1.26 bits per heavy atom. The van der Waals surface area contributed by atoms with Crippen molar-refractivity contribution in [2.45, 2.75) is 38.1 Å². The van der Waals surface area contributed by atoms with Gasteiger partial charge in [0.05, 0.1) is 17.2 Å². The minimum atomic E-state index is -4.54. The molecule has 8 nitrogen and oxygen atoms in total. The SMILES string of the molecule is CCc1cc(OC2CNC(CO)C2)ccc1-c1noc(-c2cn3cc(C(F)(F)F)cc(Cl)c3n2)n1. The number of pyridine rings is 1. The quantitative estimate of drug-likeness (QED) is 0.399. The van der Waals surface area contributed by atoms with Crippen LogP contribution in [-0.4, -0.2) is 49.9 Å². The highest BCUT2D eigenvalue weighted by Gasteiger charge is 2.32. The molecule has 1 aromatic carbocycles. The number of aromatic nitrogens is 4. The van der Waals surface area contributed by atoms with E-state index in [4.69, 9.17) is 20.9 Å². The molecule has 0 radical (unpaired) electrons. The van der Waals surface area contributed by atoms with Gasteiger partial charge in [-0.25, -0.2) is 4.98 Å². The number of nitrogens with one attached hydrogen (secondary N) is 1. The van der Waals surface area contributed by atoms with Crippen molar-refractivity contribution >= 4 is 17.2 Å². The number of aliphatic hydroxyl groups is 1. The lowest BCUT2D eigenvalue weighted by Crippen LogP contribution is -2.25. The van der Waals surface area contributed by atoms with Crippen molar-refractivity contribution in [3.8, 4) is 28.7 Å². The fourth-order valence-electron chi connectivity index (χ4n) is 4.11. The molecule has 3 aromatic heterocycles.